The summed E-state index contributed by atoms with van der Waals surface area (Å²) >= 11 is 0. The summed E-state index contributed by atoms with van der Waals surface area (Å²) < 4.78 is 7.34. The van der Waals surface area contributed by atoms with Crippen molar-refractivity contribution in [3.05, 3.63) is 47.2 Å². The van der Waals surface area contributed by atoms with Crippen molar-refractivity contribution in [3.8, 4) is 17.8 Å². The molecule has 1 aliphatic heterocycles. The summed E-state index contributed by atoms with van der Waals surface area (Å²) in [6.45, 7) is 0. The fourth-order valence-electron chi connectivity index (χ4n) is 3.07. The Morgan fingerprint density at radius 1 is 1.30 bits per heavy atom. The third kappa shape index (κ3) is 3.44. The van der Waals surface area contributed by atoms with E-state index in [0.29, 0.717) is 40.1 Å². The van der Waals surface area contributed by atoms with E-state index in [1.807, 2.05) is 0 Å². The van der Waals surface area contributed by atoms with Gasteiger partial charge in [-0.1, -0.05) is 6.07 Å². The third-order valence-electron chi connectivity index (χ3n) is 4.68. The second kappa shape index (κ2) is 6.97. The minimum atomic E-state index is -0.422. The van der Waals surface area contributed by atoms with E-state index in [2.05, 4.69) is 31.8 Å². The topological polar surface area (TPSA) is 134 Å². The van der Waals surface area contributed by atoms with E-state index in [1.54, 1.807) is 36.5 Å². The van der Waals surface area contributed by atoms with Crippen molar-refractivity contribution in [2.45, 2.75) is 25.3 Å². The number of hydrogen-bond donors (Lipinski definition) is 2. The molecule has 0 radical (unpaired) electrons. The predicted molar refractivity (Wildman–Crippen MR) is 104 cm³/mol. The van der Waals surface area contributed by atoms with E-state index >= 15 is 0 Å². The SMILES string of the molecule is N#Cc1cccc(Oc2nc(NC3CC3)n3ncc(/C=C4\CC(=O)NC4=O)c3n2)c1. The van der Waals surface area contributed by atoms with Crippen LogP contribution in [0.4, 0.5) is 5.95 Å². The fraction of sp³-hybridized carbons (Fsp3) is 0.200. The lowest BCUT2D eigenvalue weighted by Crippen LogP contribution is -2.19. The van der Waals surface area contributed by atoms with Crippen LogP contribution in [0.1, 0.15) is 30.4 Å². The number of carbonyl (C=O) groups is 2. The first-order valence-electron chi connectivity index (χ1n) is 9.34. The second-order valence-electron chi connectivity index (χ2n) is 7.05. The number of imide groups is 1. The van der Waals surface area contributed by atoms with Gasteiger partial charge in [-0.25, -0.2) is 0 Å². The summed E-state index contributed by atoms with van der Waals surface area (Å²) in [5.74, 6) is 0.130. The Morgan fingerprint density at radius 3 is 2.90 bits per heavy atom. The Labute approximate surface area is 170 Å². The van der Waals surface area contributed by atoms with E-state index in [9.17, 15) is 9.59 Å². The molecule has 5 rings (SSSR count). The molecule has 1 aromatic carbocycles. The number of benzene rings is 1. The number of anilines is 1. The third-order valence-corrected chi connectivity index (χ3v) is 4.68. The summed E-state index contributed by atoms with van der Waals surface area (Å²) in [4.78, 5) is 32.3. The molecule has 10 heteroatoms. The number of amides is 2. The van der Waals surface area contributed by atoms with Crippen molar-refractivity contribution in [1.82, 2.24) is 24.9 Å². The van der Waals surface area contributed by atoms with Gasteiger partial charge in [0, 0.05) is 17.2 Å². The highest BCUT2D eigenvalue weighted by atomic mass is 16.5. The van der Waals surface area contributed by atoms with E-state index in [0.717, 1.165) is 12.8 Å². The zero-order valence-electron chi connectivity index (χ0n) is 15.6. The van der Waals surface area contributed by atoms with E-state index < -0.39 is 5.91 Å². The number of carbonyl (C=O) groups excluding carboxylic acids is 2. The zero-order valence-corrected chi connectivity index (χ0v) is 15.6. The molecule has 2 aromatic heterocycles. The molecule has 2 aliphatic rings. The predicted octanol–water partition coefficient (Wildman–Crippen LogP) is 1.79. The monoisotopic (exact) mass is 401 g/mol. The molecule has 0 bridgehead atoms. The van der Waals surface area contributed by atoms with Crippen LogP contribution in [-0.4, -0.2) is 37.4 Å². The van der Waals surface area contributed by atoms with Gasteiger partial charge in [0.1, 0.15) is 5.75 Å². The van der Waals surface area contributed by atoms with Gasteiger partial charge < -0.3 is 10.1 Å². The van der Waals surface area contributed by atoms with Crippen LogP contribution in [0.25, 0.3) is 11.7 Å². The molecular formula is C20H15N7O3. The largest absolute Gasteiger partial charge is 0.424 e. The van der Waals surface area contributed by atoms with Crippen molar-refractivity contribution in [2.24, 2.45) is 0 Å². The van der Waals surface area contributed by atoms with E-state index in [-0.39, 0.29) is 18.3 Å². The van der Waals surface area contributed by atoms with Gasteiger partial charge >= 0.3 is 6.01 Å². The van der Waals surface area contributed by atoms with Crippen molar-refractivity contribution in [3.63, 3.8) is 0 Å². The zero-order chi connectivity index (χ0) is 20.7. The Balaban J connectivity index is 1.57. The number of nitrogens with one attached hydrogen (secondary N) is 2. The first kappa shape index (κ1) is 17.8. The number of nitriles is 1. The van der Waals surface area contributed by atoms with Gasteiger partial charge in [-0.15, -0.1) is 0 Å². The molecule has 2 amide bonds. The summed E-state index contributed by atoms with van der Waals surface area (Å²) in [6, 6.07) is 9.12. The van der Waals surface area contributed by atoms with Gasteiger partial charge in [0.15, 0.2) is 5.65 Å². The van der Waals surface area contributed by atoms with E-state index in [1.165, 1.54) is 4.52 Å². The van der Waals surface area contributed by atoms with Crippen molar-refractivity contribution in [1.29, 1.82) is 5.26 Å². The molecule has 3 heterocycles. The van der Waals surface area contributed by atoms with Crippen molar-refractivity contribution >= 4 is 29.5 Å². The van der Waals surface area contributed by atoms with E-state index in [4.69, 9.17) is 10.00 Å². The average Bonchev–Trinajstić information content (AvgIpc) is 3.37. The molecule has 0 unspecified atom stereocenters. The lowest BCUT2D eigenvalue weighted by molar-refractivity contribution is -0.124. The van der Waals surface area contributed by atoms with Crippen LogP contribution in [0.2, 0.25) is 0 Å². The van der Waals surface area contributed by atoms with Crippen LogP contribution in [0.3, 0.4) is 0 Å². The van der Waals surface area contributed by atoms with Gasteiger partial charge in [-0.05, 0) is 37.1 Å². The Hall–Kier alpha value is -4.26. The first-order valence-corrected chi connectivity index (χ1v) is 9.34. The maximum Gasteiger partial charge on any atom is 0.327 e. The number of hydrogen-bond acceptors (Lipinski definition) is 8. The van der Waals surface area contributed by atoms with Gasteiger partial charge in [0.2, 0.25) is 11.9 Å². The van der Waals surface area contributed by atoms with Crippen LogP contribution in [0.5, 0.6) is 11.8 Å². The molecule has 1 saturated carbocycles. The highest BCUT2D eigenvalue weighted by Crippen LogP contribution is 2.28. The smallest absolute Gasteiger partial charge is 0.327 e. The summed E-state index contributed by atoms with van der Waals surface area (Å²) in [5, 5.41) is 19.0. The van der Waals surface area contributed by atoms with Gasteiger partial charge in [0.25, 0.3) is 5.91 Å². The number of ether oxygens (including phenoxy) is 1. The van der Waals surface area contributed by atoms with Gasteiger partial charge in [-0.3, -0.25) is 14.9 Å². The molecule has 0 atom stereocenters. The van der Waals surface area contributed by atoms with Gasteiger partial charge in [-0.2, -0.15) is 24.8 Å². The molecule has 0 spiro atoms. The highest BCUT2D eigenvalue weighted by Gasteiger charge is 2.26. The molecule has 1 aliphatic carbocycles. The summed E-state index contributed by atoms with van der Waals surface area (Å²) in [5.41, 5.74) is 1.79. The molecule has 148 valence electrons. The summed E-state index contributed by atoms with van der Waals surface area (Å²) in [7, 11) is 0. The Kier molecular flexibility index (Phi) is 4.14. The number of aromatic nitrogens is 4. The number of rotatable bonds is 5. The van der Waals surface area contributed by atoms with Crippen LogP contribution < -0.4 is 15.4 Å². The lowest BCUT2D eigenvalue weighted by atomic mass is 10.1. The fourth-order valence-corrected chi connectivity index (χ4v) is 3.07. The molecule has 1 saturated heterocycles. The molecule has 30 heavy (non-hydrogen) atoms. The molecule has 3 aromatic rings. The minimum absolute atomic E-state index is 0.0126. The van der Waals surface area contributed by atoms with Crippen LogP contribution in [0.15, 0.2) is 36.0 Å². The Morgan fingerprint density at radius 2 is 2.17 bits per heavy atom. The van der Waals surface area contributed by atoms with Crippen LogP contribution in [0, 0.1) is 11.3 Å². The van der Waals surface area contributed by atoms with Crippen LogP contribution in [-0.2, 0) is 9.59 Å². The number of nitrogens with zero attached hydrogens (tertiary/aromatic N) is 5. The molecular weight excluding hydrogens is 386 g/mol. The standard InChI is InChI=1S/C20H15N7O3/c21-9-11-2-1-3-15(6-11)30-20-25-17-13(7-12-8-16(28)24-18(12)29)10-22-27(17)19(26-20)23-14-4-5-14/h1-3,6-7,10,14H,4-5,8H2,(H,23,25,26)(H,24,28,29)/b12-7+. The normalized spacial score (nSPS) is 17.2. The summed E-state index contributed by atoms with van der Waals surface area (Å²) in [6.07, 6.45) is 5.24. The lowest BCUT2D eigenvalue weighted by Gasteiger charge is -2.09. The number of fused-ring (bicyclic) bond motifs is 1. The average molecular weight is 401 g/mol. The van der Waals surface area contributed by atoms with Gasteiger partial charge in [0.05, 0.1) is 24.3 Å². The van der Waals surface area contributed by atoms with Crippen molar-refractivity contribution in [2.75, 3.05) is 5.32 Å². The molecule has 2 N–H and O–H groups in total. The molecule has 10 nitrogen and oxygen atoms in total. The van der Waals surface area contributed by atoms with Crippen LogP contribution >= 0.6 is 0 Å². The first-order chi connectivity index (χ1) is 14.6. The minimum Gasteiger partial charge on any atom is -0.424 e. The maximum absolute atomic E-state index is 11.9. The highest BCUT2D eigenvalue weighted by molar-refractivity contribution is 6.15. The van der Waals surface area contributed by atoms with Crippen molar-refractivity contribution < 1.29 is 14.3 Å². The Bertz CT molecular complexity index is 1270. The maximum atomic E-state index is 11.9. The second-order valence-corrected chi connectivity index (χ2v) is 7.05. The molecule has 2 fully saturated rings. The quantitative estimate of drug-likeness (QED) is 0.488.